The van der Waals surface area contributed by atoms with Crippen LogP contribution in [0.25, 0.3) is 5.69 Å². The van der Waals surface area contributed by atoms with Crippen LogP contribution in [0.3, 0.4) is 0 Å². The highest BCUT2D eigenvalue weighted by atomic mass is 79.9. The average molecular weight is 471 g/mol. The molecule has 0 bridgehead atoms. The van der Waals surface area contributed by atoms with Crippen LogP contribution in [0, 0.1) is 20.8 Å². The SMILES string of the molecule is Cc1ccc(C)c(-n2c(O)c(C=NC(=O)Nc3ccc(Br)cc3C)c(=O)[nH]c2=O)c1. The molecule has 0 saturated heterocycles. The predicted octanol–water partition coefficient (Wildman–Crippen LogP) is 3.57. The summed E-state index contributed by atoms with van der Waals surface area (Å²) < 4.78 is 1.84. The van der Waals surface area contributed by atoms with E-state index in [9.17, 15) is 19.5 Å². The van der Waals surface area contributed by atoms with Crippen LogP contribution in [0.1, 0.15) is 22.3 Å². The molecule has 0 aliphatic rings. The molecule has 0 fully saturated rings. The number of urea groups is 1. The number of amides is 2. The van der Waals surface area contributed by atoms with Crippen molar-refractivity contribution in [1.29, 1.82) is 0 Å². The summed E-state index contributed by atoms with van der Waals surface area (Å²) in [6.07, 6.45) is 0.929. The van der Waals surface area contributed by atoms with Crippen molar-refractivity contribution in [3.8, 4) is 11.6 Å². The van der Waals surface area contributed by atoms with Crippen molar-refractivity contribution in [2.75, 3.05) is 5.32 Å². The van der Waals surface area contributed by atoms with Crippen LogP contribution in [-0.2, 0) is 0 Å². The monoisotopic (exact) mass is 470 g/mol. The number of carbonyl (C=O) groups is 1. The summed E-state index contributed by atoms with van der Waals surface area (Å²) in [6.45, 7) is 5.43. The number of rotatable bonds is 3. The van der Waals surface area contributed by atoms with Gasteiger partial charge in [0.1, 0.15) is 5.56 Å². The Hall–Kier alpha value is -3.46. The number of H-pyrrole nitrogens is 1. The number of nitrogens with zero attached hydrogens (tertiary/aromatic N) is 2. The summed E-state index contributed by atoms with van der Waals surface area (Å²) in [5.74, 6) is -0.603. The van der Waals surface area contributed by atoms with Crippen molar-refractivity contribution in [3.63, 3.8) is 0 Å². The van der Waals surface area contributed by atoms with E-state index in [2.05, 4.69) is 31.2 Å². The van der Waals surface area contributed by atoms with E-state index < -0.39 is 23.2 Å². The highest BCUT2D eigenvalue weighted by Crippen LogP contribution is 2.21. The van der Waals surface area contributed by atoms with E-state index in [4.69, 9.17) is 0 Å². The fourth-order valence-electron chi connectivity index (χ4n) is 2.88. The van der Waals surface area contributed by atoms with Crippen molar-refractivity contribution in [2.45, 2.75) is 20.8 Å². The molecule has 0 saturated carbocycles. The van der Waals surface area contributed by atoms with Crippen LogP contribution in [0.15, 0.2) is 55.5 Å². The molecular weight excluding hydrogens is 452 g/mol. The van der Waals surface area contributed by atoms with E-state index in [0.717, 1.165) is 31.9 Å². The number of hydrogen-bond acceptors (Lipinski definition) is 4. The highest BCUT2D eigenvalue weighted by molar-refractivity contribution is 9.10. The molecule has 9 heteroatoms. The van der Waals surface area contributed by atoms with E-state index in [1.807, 2.05) is 26.0 Å². The van der Waals surface area contributed by atoms with Crippen molar-refractivity contribution in [3.05, 3.63) is 84.0 Å². The number of aliphatic imine (C=N–C) groups is 1. The third-order valence-corrected chi connectivity index (χ3v) is 4.96. The first kappa shape index (κ1) is 21.3. The van der Waals surface area contributed by atoms with Crippen molar-refractivity contribution in [2.24, 2.45) is 4.99 Å². The second kappa shape index (κ2) is 8.50. The van der Waals surface area contributed by atoms with Crippen LogP contribution in [0.4, 0.5) is 10.5 Å². The Kier molecular flexibility index (Phi) is 6.02. The topological polar surface area (TPSA) is 117 Å². The zero-order valence-electron chi connectivity index (χ0n) is 16.5. The second-order valence-corrected chi connectivity index (χ2v) is 7.69. The van der Waals surface area contributed by atoms with Gasteiger partial charge in [0, 0.05) is 10.2 Å². The standard InChI is InChI=1S/C21H19BrN4O4/c1-11-4-5-12(2)17(8-11)26-19(28)15(18(27)25-21(26)30)10-23-20(29)24-16-7-6-14(22)9-13(16)3/h4-10,28H,1-3H3,(H,24,29)(H,25,27,30). The second-order valence-electron chi connectivity index (χ2n) is 6.77. The van der Waals surface area contributed by atoms with Crippen LogP contribution in [-0.4, -0.2) is 26.9 Å². The zero-order chi connectivity index (χ0) is 22.0. The molecule has 1 heterocycles. The van der Waals surface area contributed by atoms with E-state index >= 15 is 0 Å². The number of aromatic nitrogens is 2. The van der Waals surface area contributed by atoms with Gasteiger partial charge in [0.25, 0.3) is 5.56 Å². The maximum absolute atomic E-state index is 12.3. The largest absolute Gasteiger partial charge is 0.493 e. The fourth-order valence-corrected chi connectivity index (χ4v) is 3.35. The van der Waals surface area contributed by atoms with Gasteiger partial charge in [-0.05, 0) is 61.7 Å². The van der Waals surface area contributed by atoms with Gasteiger partial charge in [-0.1, -0.05) is 28.1 Å². The molecule has 0 aliphatic heterocycles. The Morgan fingerprint density at radius 3 is 2.57 bits per heavy atom. The van der Waals surface area contributed by atoms with Crippen LogP contribution in [0.2, 0.25) is 0 Å². The number of halogens is 1. The third-order valence-electron chi connectivity index (χ3n) is 4.47. The molecule has 1 aromatic heterocycles. The lowest BCUT2D eigenvalue weighted by Crippen LogP contribution is -2.31. The van der Waals surface area contributed by atoms with Gasteiger partial charge in [0.05, 0.1) is 11.9 Å². The lowest BCUT2D eigenvalue weighted by atomic mass is 10.1. The van der Waals surface area contributed by atoms with Gasteiger partial charge in [-0.25, -0.2) is 19.1 Å². The summed E-state index contributed by atoms with van der Waals surface area (Å²) >= 11 is 3.34. The number of hydrogen-bond donors (Lipinski definition) is 3. The molecular formula is C21H19BrN4O4. The molecule has 8 nitrogen and oxygen atoms in total. The highest BCUT2D eigenvalue weighted by Gasteiger charge is 2.16. The Bertz CT molecular complexity index is 1290. The minimum atomic E-state index is -0.851. The third kappa shape index (κ3) is 4.41. The normalized spacial score (nSPS) is 11.1. The van der Waals surface area contributed by atoms with Crippen LogP contribution < -0.4 is 16.6 Å². The number of nitrogens with one attached hydrogen (secondary N) is 2. The maximum atomic E-state index is 12.3. The summed E-state index contributed by atoms with van der Waals surface area (Å²) in [5.41, 5.74) is 1.42. The minimum absolute atomic E-state index is 0.307. The summed E-state index contributed by atoms with van der Waals surface area (Å²) in [6, 6.07) is 9.94. The van der Waals surface area contributed by atoms with E-state index in [0.29, 0.717) is 11.4 Å². The first-order valence-electron chi connectivity index (χ1n) is 8.94. The number of aryl methyl sites for hydroxylation is 3. The lowest BCUT2D eigenvalue weighted by molar-refractivity contribution is 0.259. The van der Waals surface area contributed by atoms with Gasteiger partial charge in [-0.3, -0.25) is 9.78 Å². The average Bonchev–Trinajstić information content (AvgIpc) is 2.66. The van der Waals surface area contributed by atoms with Crippen molar-refractivity contribution >= 4 is 33.9 Å². The summed E-state index contributed by atoms with van der Waals surface area (Å²) in [5, 5.41) is 13.2. The number of aromatic amines is 1. The minimum Gasteiger partial charge on any atom is -0.493 e. The zero-order valence-corrected chi connectivity index (χ0v) is 18.1. The van der Waals surface area contributed by atoms with Gasteiger partial charge in [0.15, 0.2) is 0 Å². The summed E-state index contributed by atoms with van der Waals surface area (Å²) in [7, 11) is 0. The lowest BCUT2D eigenvalue weighted by Gasteiger charge is -2.12. The molecule has 2 aromatic carbocycles. The molecule has 0 spiro atoms. The van der Waals surface area contributed by atoms with E-state index in [1.165, 1.54) is 0 Å². The Labute approximate surface area is 180 Å². The molecule has 0 atom stereocenters. The molecule has 3 N–H and O–H groups in total. The Morgan fingerprint density at radius 1 is 1.13 bits per heavy atom. The number of carbonyl (C=O) groups excluding carboxylic acids is 1. The molecule has 154 valence electrons. The van der Waals surface area contributed by atoms with Gasteiger partial charge in [0.2, 0.25) is 5.88 Å². The van der Waals surface area contributed by atoms with Crippen LogP contribution >= 0.6 is 15.9 Å². The van der Waals surface area contributed by atoms with E-state index in [-0.39, 0.29) is 5.56 Å². The number of aromatic hydroxyl groups is 1. The Balaban J connectivity index is 1.98. The van der Waals surface area contributed by atoms with Gasteiger partial charge >= 0.3 is 11.7 Å². The number of anilines is 1. The first-order valence-corrected chi connectivity index (χ1v) is 9.74. The van der Waals surface area contributed by atoms with Crippen LogP contribution in [0.5, 0.6) is 5.88 Å². The van der Waals surface area contributed by atoms with Gasteiger partial charge in [-0.2, -0.15) is 0 Å². The molecule has 3 aromatic rings. The maximum Gasteiger partial charge on any atom is 0.345 e. The molecule has 2 amide bonds. The predicted molar refractivity (Wildman–Crippen MR) is 119 cm³/mol. The smallest absolute Gasteiger partial charge is 0.345 e. The molecule has 3 rings (SSSR count). The Morgan fingerprint density at radius 2 is 1.87 bits per heavy atom. The quantitative estimate of drug-likeness (QED) is 0.507. The van der Waals surface area contributed by atoms with Gasteiger partial charge in [-0.15, -0.1) is 0 Å². The van der Waals surface area contributed by atoms with Gasteiger partial charge < -0.3 is 10.4 Å². The molecule has 0 aliphatic carbocycles. The fraction of sp³-hybridized carbons (Fsp3) is 0.143. The molecule has 0 unspecified atom stereocenters. The molecule has 0 radical (unpaired) electrons. The van der Waals surface area contributed by atoms with E-state index in [1.54, 1.807) is 31.2 Å². The molecule has 30 heavy (non-hydrogen) atoms. The van der Waals surface area contributed by atoms with Crippen molar-refractivity contribution < 1.29 is 9.90 Å². The first-order chi connectivity index (χ1) is 14.2. The van der Waals surface area contributed by atoms with Crippen molar-refractivity contribution in [1.82, 2.24) is 9.55 Å². The number of benzene rings is 2. The summed E-state index contributed by atoms with van der Waals surface area (Å²) in [4.78, 5) is 42.6.